The molecule has 1 fully saturated rings. The molecule has 0 atom stereocenters. The molecule has 1 aliphatic rings. The fraction of sp³-hybridized carbons (Fsp3) is 0.556. The average molecular weight is 401 g/mol. The Morgan fingerprint density at radius 3 is 2.68 bits per heavy atom. The third kappa shape index (κ3) is 6.59. The number of piperidine rings is 1. The summed E-state index contributed by atoms with van der Waals surface area (Å²) in [6, 6.07) is 3.94. The van der Waals surface area contributed by atoms with E-state index < -0.39 is 12.4 Å². The highest BCUT2D eigenvalue weighted by molar-refractivity contribution is 5.80. The number of carbonyl (C=O) groups excluding carboxylic acids is 1. The third-order valence-electron chi connectivity index (χ3n) is 4.52. The van der Waals surface area contributed by atoms with E-state index in [0.29, 0.717) is 12.5 Å². The van der Waals surface area contributed by atoms with E-state index in [2.05, 4.69) is 30.6 Å². The SMILES string of the molecule is CN=C(NCc1c(F)cccc1OC(F)F)NC1CCN(CC(=O)NC)CC1. The molecule has 1 aromatic carbocycles. The lowest BCUT2D eigenvalue weighted by molar-refractivity contribution is -0.122. The Labute approximate surface area is 162 Å². The first-order valence-corrected chi connectivity index (χ1v) is 9.05. The quantitative estimate of drug-likeness (QED) is 0.474. The molecule has 2 rings (SSSR count). The van der Waals surface area contributed by atoms with Gasteiger partial charge in [0.1, 0.15) is 11.6 Å². The molecule has 10 heteroatoms. The monoisotopic (exact) mass is 401 g/mol. The predicted octanol–water partition coefficient (Wildman–Crippen LogP) is 1.30. The van der Waals surface area contributed by atoms with Crippen LogP contribution >= 0.6 is 0 Å². The maximum atomic E-state index is 14.0. The minimum atomic E-state index is -3.03. The van der Waals surface area contributed by atoms with Gasteiger partial charge in [-0.25, -0.2) is 4.39 Å². The number of alkyl halides is 2. The maximum absolute atomic E-state index is 14.0. The van der Waals surface area contributed by atoms with Crippen LogP contribution in [0.5, 0.6) is 5.75 Å². The molecule has 3 N–H and O–H groups in total. The number of amides is 1. The predicted molar refractivity (Wildman–Crippen MR) is 99.9 cm³/mol. The number of carbonyl (C=O) groups is 1. The Morgan fingerprint density at radius 1 is 1.36 bits per heavy atom. The van der Waals surface area contributed by atoms with Gasteiger partial charge in [0.05, 0.1) is 6.54 Å². The molecule has 0 unspecified atom stereocenters. The van der Waals surface area contributed by atoms with Crippen molar-refractivity contribution in [3.05, 3.63) is 29.6 Å². The van der Waals surface area contributed by atoms with Crippen molar-refractivity contribution < 1.29 is 22.7 Å². The summed E-state index contributed by atoms with van der Waals surface area (Å²) in [5.41, 5.74) is 0.00569. The van der Waals surface area contributed by atoms with Crippen molar-refractivity contribution in [1.29, 1.82) is 0 Å². The molecule has 1 aliphatic heterocycles. The van der Waals surface area contributed by atoms with Gasteiger partial charge in [0.25, 0.3) is 0 Å². The average Bonchev–Trinajstić information content (AvgIpc) is 2.67. The molecule has 156 valence electrons. The number of halogens is 3. The van der Waals surface area contributed by atoms with Crippen molar-refractivity contribution in [3.63, 3.8) is 0 Å². The number of likely N-dealkylation sites (N-methyl/N-ethyl adjacent to an activating group) is 1. The van der Waals surface area contributed by atoms with Crippen molar-refractivity contribution in [2.75, 3.05) is 33.7 Å². The first kappa shape index (κ1) is 21.8. The van der Waals surface area contributed by atoms with Crippen LogP contribution in [-0.2, 0) is 11.3 Å². The van der Waals surface area contributed by atoms with E-state index in [0.717, 1.165) is 25.9 Å². The smallest absolute Gasteiger partial charge is 0.387 e. The Balaban J connectivity index is 1.87. The Morgan fingerprint density at radius 2 is 2.07 bits per heavy atom. The molecule has 0 spiro atoms. The van der Waals surface area contributed by atoms with Crippen LogP contribution in [0, 0.1) is 5.82 Å². The number of guanidine groups is 1. The molecular weight excluding hydrogens is 375 g/mol. The van der Waals surface area contributed by atoms with Crippen LogP contribution in [0.3, 0.4) is 0 Å². The van der Waals surface area contributed by atoms with Crippen LogP contribution in [0.25, 0.3) is 0 Å². The second-order valence-corrected chi connectivity index (χ2v) is 6.39. The molecule has 28 heavy (non-hydrogen) atoms. The first-order valence-electron chi connectivity index (χ1n) is 9.05. The lowest BCUT2D eigenvalue weighted by atomic mass is 10.1. The van der Waals surface area contributed by atoms with Crippen LogP contribution in [0.1, 0.15) is 18.4 Å². The van der Waals surface area contributed by atoms with Crippen LogP contribution < -0.4 is 20.7 Å². The van der Waals surface area contributed by atoms with E-state index in [1.165, 1.54) is 18.2 Å². The minimum Gasteiger partial charge on any atom is -0.434 e. The second-order valence-electron chi connectivity index (χ2n) is 6.39. The maximum Gasteiger partial charge on any atom is 0.387 e. The van der Waals surface area contributed by atoms with Gasteiger partial charge in [-0.2, -0.15) is 8.78 Å². The molecule has 0 aliphatic carbocycles. The van der Waals surface area contributed by atoms with Crippen LogP contribution in [-0.4, -0.2) is 63.1 Å². The number of likely N-dealkylation sites (tertiary alicyclic amines) is 1. The zero-order chi connectivity index (χ0) is 20.5. The topological polar surface area (TPSA) is 78.0 Å². The number of aliphatic imine (C=N–C) groups is 1. The van der Waals surface area contributed by atoms with Gasteiger partial charge in [0.2, 0.25) is 5.91 Å². The van der Waals surface area contributed by atoms with E-state index in [9.17, 15) is 18.0 Å². The number of hydrogen-bond donors (Lipinski definition) is 3. The summed E-state index contributed by atoms with van der Waals surface area (Å²) in [6.45, 7) is -1.18. The summed E-state index contributed by atoms with van der Waals surface area (Å²) in [5, 5.41) is 8.78. The summed E-state index contributed by atoms with van der Waals surface area (Å²) in [6.07, 6.45) is 1.63. The number of nitrogens with one attached hydrogen (secondary N) is 3. The molecular formula is C18H26F3N5O2. The van der Waals surface area contributed by atoms with Crippen molar-refractivity contribution in [3.8, 4) is 5.75 Å². The van der Waals surface area contributed by atoms with Gasteiger partial charge < -0.3 is 20.7 Å². The fourth-order valence-electron chi connectivity index (χ4n) is 2.99. The van der Waals surface area contributed by atoms with Crippen LogP contribution in [0.4, 0.5) is 13.2 Å². The standard InChI is InChI=1S/C18H26F3N5O2/c1-22-16(27)11-26-8-6-12(7-9-26)25-18(23-2)24-10-13-14(19)4-3-5-15(13)28-17(20)21/h3-5,12,17H,6-11H2,1-2H3,(H,22,27)(H2,23,24,25). The third-order valence-corrected chi connectivity index (χ3v) is 4.52. The Kier molecular flexibility index (Phi) is 8.37. The molecule has 1 aromatic rings. The summed E-state index contributed by atoms with van der Waals surface area (Å²) in [7, 11) is 3.19. The zero-order valence-corrected chi connectivity index (χ0v) is 16.0. The zero-order valence-electron chi connectivity index (χ0n) is 16.0. The van der Waals surface area contributed by atoms with E-state index >= 15 is 0 Å². The van der Waals surface area contributed by atoms with E-state index in [1.807, 2.05) is 0 Å². The molecule has 0 bridgehead atoms. The molecule has 1 heterocycles. The van der Waals surface area contributed by atoms with Crippen molar-refractivity contribution in [2.24, 2.45) is 4.99 Å². The molecule has 0 aromatic heterocycles. The molecule has 0 radical (unpaired) electrons. The summed E-state index contributed by atoms with van der Waals surface area (Å²) in [5.74, 6) is -0.421. The van der Waals surface area contributed by atoms with Gasteiger partial charge in [0, 0.05) is 45.3 Å². The molecule has 1 amide bonds. The fourth-order valence-corrected chi connectivity index (χ4v) is 2.99. The van der Waals surface area contributed by atoms with E-state index in [4.69, 9.17) is 0 Å². The minimum absolute atomic E-state index is 0.00569. The van der Waals surface area contributed by atoms with Gasteiger partial charge in [-0.1, -0.05) is 6.07 Å². The normalized spacial score (nSPS) is 16.1. The first-order chi connectivity index (χ1) is 13.4. The van der Waals surface area contributed by atoms with E-state index in [-0.39, 0.29) is 29.8 Å². The van der Waals surface area contributed by atoms with E-state index in [1.54, 1.807) is 14.1 Å². The summed E-state index contributed by atoms with van der Waals surface area (Å²) in [4.78, 5) is 17.6. The van der Waals surface area contributed by atoms with Gasteiger partial charge in [-0.3, -0.25) is 14.7 Å². The molecule has 1 saturated heterocycles. The largest absolute Gasteiger partial charge is 0.434 e. The highest BCUT2D eigenvalue weighted by atomic mass is 19.3. The van der Waals surface area contributed by atoms with Crippen molar-refractivity contribution in [2.45, 2.75) is 32.0 Å². The number of ether oxygens (including phenoxy) is 1. The Hall–Kier alpha value is -2.49. The van der Waals surface area contributed by atoms with Gasteiger partial charge in [-0.15, -0.1) is 0 Å². The van der Waals surface area contributed by atoms with Gasteiger partial charge in [0.15, 0.2) is 5.96 Å². The number of rotatable bonds is 7. The number of nitrogens with zero attached hydrogens (tertiary/aromatic N) is 2. The lowest BCUT2D eigenvalue weighted by Crippen LogP contribution is -2.49. The van der Waals surface area contributed by atoms with Crippen molar-refractivity contribution in [1.82, 2.24) is 20.9 Å². The summed E-state index contributed by atoms with van der Waals surface area (Å²) >= 11 is 0. The van der Waals surface area contributed by atoms with Crippen LogP contribution in [0.2, 0.25) is 0 Å². The highest BCUT2D eigenvalue weighted by Gasteiger charge is 2.21. The van der Waals surface area contributed by atoms with Crippen molar-refractivity contribution >= 4 is 11.9 Å². The second kappa shape index (κ2) is 10.7. The summed E-state index contributed by atoms with van der Waals surface area (Å²) < 4.78 is 43.4. The lowest BCUT2D eigenvalue weighted by Gasteiger charge is -2.32. The van der Waals surface area contributed by atoms with Gasteiger partial charge >= 0.3 is 6.61 Å². The van der Waals surface area contributed by atoms with Gasteiger partial charge in [-0.05, 0) is 25.0 Å². The van der Waals surface area contributed by atoms with Crippen LogP contribution in [0.15, 0.2) is 23.2 Å². The number of benzene rings is 1. The molecule has 7 nitrogen and oxygen atoms in total. The number of hydrogen-bond acceptors (Lipinski definition) is 4. The highest BCUT2D eigenvalue weighted by Crippen LogP contribution is 2.23. The molecule has 0 saturated carbocycles. The Bertz CT molecular complexity index is 679.